The van der Waals surface area contributed by atoms with Crippen LogP contribution in [0.15, 0.2) is 0 Å². The molecule has 1 amide bonds. The molecule has 0 saturated heterocycles. The van der Waals surface area contributed by atoms with Gasteiger partial charge in [0.2, 0.25) is 5.91 Å². The summed E-state index contributed by atoms with van der Waals surface area (Å²) in [6.45, 7) is 19.3. The summed E-state index contributed by atoms with van der Waals surface area (Å²) >= 11 is 0. The van der Waals surface area contributed by atoms with Gasteiger partial charge in [-0.05, 0) is 62.9 Å². The minimum absolute atomic E-state index is 0. The lowest BCUT2D eigenvalue weighted by Crippen LogP contribution is -2.20. The number of hydrogen-bond acceptors (Lipinski definition) is 20. The third-order valence-corrected chi connectivity index (χ3v) is 5.81. The SMILES string of the molecule is C.C.C.C.C.C.C.C.C.C.CNCCOCCOCC(C)=O.CNCCOCCOCC(C)=O.CNCCOCCOCC(C)=O.CNCCOCCOCC(C)=O.CNCCOCCOCC(N)=O.[HH].[HH].[HH]. The molecule has 0 aliphatic carbocycles. The predicted molar refractivity (Wildman–Crippen MR) is 303 cm³/mol. The highest BCUT2D eigenvalue weighted by Crippen LogP contribution is 1.82. The zero-order valence-corrected chi connectivity index (χ0v) is 38.4. The van der Waals surface area contributed by atoms with Crippen molar-refractivity contribution in [3.63, 3.8) is 0 Å². The van der Waals surface area contributed by atoms with Crippen LogP contribution in [0.2, 0.25) is 0 Å². The van der Waals surface area contributed by atoms with Crippen LogP contribution in [-0.2, 0) is 71.3 Å². The third-order valence-electron chi connectivity index (χ3n) is 5.81. The van der Waals surface area contributed by atoms with E-state index >= 15 is 0 Å². The van der Waals surface area contributed by atoms with Gasteiger partial charge in [-0.15, -0.1) is 0 Å². The topological polar surface area (TPSA) is 264 Å². The third kappa shape index (κ3) is 151. The first-order chi connectivity index (χ1) is 28.9. The van der Waals surface area contributed by atoms with Gasteiger partial charge in [0.15, 0.2) is 23.1 Å². The fraction of sp³-hybridized carbons (Fsp3) is 0.898. The number of nitrogens with two attached hydrogens (primary N) is 1. The van der Waals surface area contributed by atoms with E-state index in [2.05, 4.69) is 26.6 Å². The van der Waals surface area contributed by atoms with E-state index in [0.717, 1.165) is 32.7 Å². The minimum atomic E-state index is -0.453. The second-order valence-corrected chi connectivity index (χ2v) is 12.1. The largest absolute Gasteiger partial charge is 0.378 e. The molecule has 0 heterocycles. The molecule has 70 heavy (non-hydrogen) atoms. The second-order valence-electron chi connectivity index (χ2n) is 12.1. The molecule has 0 saturated carbocycles. The van der Waals surface area contributed by atoms with Gasteiger partial charge < -0.3 is 79.7 Å². The normalized spacial score (nSPS) is 8.70. The van der Waals surface area contributed by atoms with Crippen molar-refractivity contribution in [1.29, 1.82) is 0 Å². The molecule has 0 spiro atoms. The molecule has 21 nitrogen and oxygen atoms in total. The summed E-state index contributed by atoms with van der Waals surface area (Å²) in [6, 6.07) is 0. The number of amides is 1. The number of rotatable bonds is 40. The maximum atomic E-state index is 10.4. The van der Waals surface area contributed by atoms with Gasteiger partial charge in [0, 0.05) is 37.0 Å². The van der Waals surface area contributed by atoms with Crippen LogP contribution in [0.5, 0.6) is 0 Å². The van der Waals surface area contributed by atoms with Gasteiger partial charge in [-0.25, -0.2) is 0 Å². The zero-order chi connectivity index (χ0) is 46.2. The number of primary amides is 1. The molecule has 21 heteroatoms. The van der Waals surface area contributed by atoms with Crippen molar-refractivity contribution >= 4 is 29.0 Å². The molecule has 0 aromatic carbocycles. The Morgan fingerprint density at radius 1 is 0.286 bits per heavy atom. The van der Waals surface area contributed by atoms with Crippen LogP contribution in [0.3, 0.4) is 0 Å². The minimum Gasteiger partial charge on any atom is -0.378 e. The maximum Gasteiger partial charge on any atom is 0.243 e. The fourth-order valence-electron chi connectivity index (χ4n) is 3.01. The Hall–Kier alpha value is -2.45. The lowest BCUT2D eigenvalue weighted by Gasteiger charge is -2.03. The van der Waals surface area contributed by atoms with Crippen LogP contribution in [0, 0.1) is 0 Å². The van der Waals surface area contributed by atoms with Crippen molar-refractivity contribution in [3.8, 4) is 0 Å². The van der Waals surface area contributed by atoms with Gasteiger partial charge in [0.05, 0.1) is 99.1 Å². The van der Waals surface area contributed by atoms with Crippen molar-refractivity contribution in [1.82, 2.24) is 26.6 Å². The number of carbonyl (C=O) groups excluding carboxylic acids is 5. The molecule has 0 aromatic rings. The quantitative estimate of drug-likeness (QED) is 0.0434. The highest BCUT2D eigenvalue weighted by Gasteiger charge is 1.96. The number of hydrogen-bond donors (Lipinski definition) is 6. The van der Waals surface area contributed by atoms with Crippen molar-refractivity contribution in [3.05, 3.63) is 0 Å². The average Bonchev–Trinajstić information content (AvgIpc) is 3.19. The summed E-state index contributed by atoms with van der Waals surface area (Å²) in [5.41, 5.74) is 4.84. The average molecular weight is 1040 g/mol. The number of Topliss-reactive ketones (excluding diaryl/α,β-unsaturated/α-hetero) is 4. The van der Waals surface area contributed by atoms with E-state index in [1.165, 1.54) is 27.7 Å². The van der Waals surface area contributed by atoms with Crippen LogP contribution in [-0.4, -0.2) is 229 Å². The molecule has 7 N–H and O–H groups in total. The Bertz CT molecular complexity index is 773. The molecule has 0 fully saturated rings. The first-order valence-electron chi connectivity index (χ1n) is 20.1. The molecular formula is C49H130N6O15. The van der Waals surface area contributed by atoms with Gasteiger partial charge in [-0.2, -0.15) is 0 Å². The standard InChI is InChI=1S/4C8H17NO3.C7H16N2O3.10CH4.3H2/c4*1-8(10)7-12-6-5-11-4-3-9-2;1-9-2-3-11-4-5-12-6-7(8)10;;;;;;;;;;;;;/h4*9H,3-7H2,1-2H3;9H,2-6H2,1H3,(H2,8,10);10*1H4;3*1H. The lowest BCUT2D eigenvalue weighted by molar-refractivity contribution is -0.123. The maximum absolute atomic E-state index is 10.4. The molecule has 0 atom stereocenters. The Morgan fingerprint density at radius 2 is 0.429 bits per heavy atom. The zero-order valence-electron chi connectivity index (χ0n) is 38.4. The van der Waals surface area contributed by atoms with E-state index in [4.69, 9.17) is 53.1 Å². The van der Waals surface area contributed by atoms with Crippen LogP contribution in [0.4, 0.5) is 0 Å². The first kappa shape index (κ1) is 108. The van der Waals surface area contributed by atoms with Gasteiger partial charge in [0.25, 0.3) is 0 Å². The highest BCUT2D eigenvalue weighted by atomic mass is 16.5. The summed E-state index contributed by atoms with van der Waals surface area (Å²) in [5.74, 6) is -0.267. The Balaban J connectivity index is -0.0000000310. The van der Waals surface area contributed by atoms with Gasteiger partial charge in [0.1, 0.15) is 33.0 Å². The summed E-state index contributed by atoms with van der Waals surface area (Å²) in [4.78, 5) is 51.8. The van der Waals surface area contributed by atoms with Crippen molar-refractivity contribution in [2.24, 2.45) is 5.73 Å². The van der Waals surface area contributed by atoms with E-state index in [1.54, 1.807) is 0 Å². The van der Waals surface area contributed by atoms with Gasteiger partial charge in [-0.3, -0.25) is 24.0 Å². The number of carbonyl (C=O) groups is 5. The number of ketones is 4. The van der Waals surface area contributed by atoms with Gasteiger partial charge in [-0.1, -0.05) is 74.3 Å². The number of nitrogens with one attached hydrogen (secondary N) is 5. The monoisotopic (exact) mass is 1040 g/mol. The first-order valence-corrected chi connectivity index (χ1v) is 20.1. The Morgan fingerprint density at radius 3 is 0.557 bits per heavy atom. The molecule has 0 radical (unpaired) electrons. The fourth-order valence-corrected chi connectivity index (χ4v) is 3.01. The number of likely N-dealkylation sites (N-methyl/N-ethyl adjacent to an activating group) is 5. The molecule has 0 aromatic heterocycles. The summed E-state index contributed by atoms with van der Waals surface area (Å²) in [7, 11) is 9.34. The van der Waals surface area contributed by atoms with E-state index in [1.807, 2.05) is 35.2 Å². The molecule has 0 unspecified atom stereocenters. The van der Waals surface area contributed by atoms with E-state index < -0.39 is 5.91 Å². The predicted octanol–water partition coefficient (Wildman–Crippen LogP) is 5.14. The van der Waals surface area contributed by atoms with Crippen LogP contribution >= 0.6 is 0 Å². The smallest absolute Gasteiger partial charge is 0.243 e. The van der Waals surface area contributed by atoms with E-state index in [-0.39, 0.29) is 135 Å². The van der Waals surface area contributed by atoms with E-state index in [9.17, 15) is 24.0 Å². The molecule has 0 rings (SSSR count). The Kier molecular flexibility index (Phi) is 160. The van der Waals surface area contributed by atoms with Crippen molar-refractivity contribution < 1.29 is 75.6 Å². The number of ether oxygens (including phenoxy) is 10. The van der Waals surface area contributed by atoms with Crippen LogP contribution < -0.4 is 32.3 Å². The van der Waals surface area contributed by atoms with E-state index in [0.29, 0.717) is 99.1 Å². The lowest BCUT2D eigenvalue weighted by atomic mass is 10.5. The highest BCUT2D eigenvalue weighted by molar-refractivity contribution is 5.77. The summed E-state index contributed by atoms with van der Waals surface area (Å²) in [6.07, 6.45) is 0. The molecule has 0 bridgehead atoms. The summed E-state index contributed by atoms with van der Waals surface area (Å²) in [5, 5.41) is 14.8. The van der Waals surface area contributed by atoms with Crippen LogP contribution in [0.25, 0.3) is 0 Å². The van der Waals surface area contributed by atoms with Crippen LogP contribution in [0.1, 0.15) is 106 Å². The second kappa shape index (κ2) is 104. The van der Waals surface area contributed by atoms with Crippen molar-refractivity contribution in [2.75, 3.05) is 200 Å². The molecule has 0 aliphatic rings. The van der Waals surface area contributed by atoms with Gasteiger partial charge >= 0.3 is 0 Å². The van der Waals surface area contributed by atoms with Crippen molar-refractivity contribution in [2.45, 2.75) is 102 Å². The molecule has 446 valence electrons. The summed E-state index contributed by atoms with van der Waals surface area (Å²) < 4.78 is 50.5. The molecular weight excluding hydrogens is 913 g/mol. The molecule has 0 aliphatic heterocycles. The Labute approximate surface area is 438 Å².